The van der Waals surface area contributed by atoms with Crippen molar-refractivity contribution in [1.82, 2.24) is 20.5 Å². The molecular formula is C20H36IN5S2. The molecule has 1 aromatic rings. The highest BCUT2D eigenvalue weighted by molar-refractivity contribution is 14.0. The fraction of sp³-hybridized carbons (Fsp3) is 0.800. The first-order valence-corrected chi connectivity index (χ1v) is 12.4. The molecule has 0 radical (unpaired) electrons. The van der Waals surface area contributed by atoms with Crippen molar-refractivity contribution in [1.29, 1.82) is 0 Å². The predicted molar refractivity (Wildman–Crippen MR) is 135 cm³/mol. The molecule has 0 amide bonds. The molecule has 0 unspecified atom stereocenters. The highest BCUT2D eigenvalue weighted by Gasteiger charge is 2.38. The second kappa shape index (κ2) is 12.0. The summed E-state index contributed by atoms with van der Waals surface area (Å²) in [5.41, 5.74) is 1.49. The lowest BCUT2D eigenvalue weighted by atomic mass is 9.80. The molecule has 0 spiro atoms. The Hall–Kier alpha value is -0.0600. The third kappa shape index (κ3) is 6.47. The van der Waals surface area contributed by atoms with Crippen LogP contribution in [-0.4, -0.2) is 59.6 Å². The van der Waals surface area contributed by atoms with Crippen LogP contribution in [-0.2, 0) is 6.54 Å². The Balaban J connectivity index is 0.00000280. The first-order valence-electron chi connectivity index (χ1n) is 10.3. The van der Waals surface area contributed by atoms with Gasteiger partial charge in [0.1, 0.15) is 5.01 Å². The fourth-order valence-corrected chi connectivity index (χ4v) is 5.95. The van der Waals surface area contributed by atoms with Gasteiger partial charge in [0.2, 0.25) is 0 Å². The van der Waals surface area contributed by atoms with Gasteiger partial charge in [-0.2, -0.15) is 11.8 Å². The van der Waals surface area contributed by atoms with Crippen LogP contribution in [0.4, 0.5) is 0 Å². The van der Waals surface area contributed by atoms with Gasteiger partial charge in [0.05, 0.1) is 12.2 Å². The number of aliphatic imine (C=N–C) groups is 1. The monoisotopic (exact) mass is 537 g/mol. The van der Waals surface area contributed by atoms with Crippen LogP contribution < -0.4 is 10.6 Å². The Morgan fingerprint density at radius 1 is 1.21 bits per heavy atom. The van der Waals surface area contributed by atoms with Gasteiger partial charge in [-0.25, -0.2) is 4.98 Å². The number of hydrogen-bond donors (Lipinski definition) is 2. The zero-order valence-electron chi connectivity index (χ0n) is 17.5. The van der Waals surface area contributed by atoms with E-state index in [4.69, 9.17) is 4.98 Å². The molecule has 5 nitrogen and oxygen atoms in total. The van der Waals surface area contributed by atoms with Crippen LogP contribution in [0, 0.1) is 0 Å². The van der Waals surface area contributed by atoms with E-state index in [1.807, 2.05) is 7.05 Å². The summed E-state index contributed by atoms with van der Waals surface area (Å²) in [5, 5.41) is 10.4. The molecule has 0 bridgehead atoms. The van der Waals surface area contributed by atoms with E-state index in [1.54, 1.807) is 11.3 Å². The van der Waals surface area contributed by atoms with Gasteiger partial charge in [0.15, 0.2) is 5.96 Å². The minimum absolute atomic E-state index is 0. The van der Waals surface area contributed by atoms with Crippen molar-refractivity contribution in [2.24, 2.45) is 4.99 Å². The zero-order valence-corrected chi connectivity index (χ0v) is 21.5. The fourth-order valence-electron chi connectivity index (χ4n) is 4.15. The molecule has 0 atom stereocenters. The average molecular weight is 538 g/mol. The summed E-state index contributed by atoms with van der Waals surface area (Å²) in [6.07, 6.45) is 6.72. The largest absolute Gasteiger partial charge is 0.355 e. The summed E-state index contributed by atoms with van der Waals surface area (Å²) < 4.78 is 0. The summed E-state index contributed by atoms with van der Waals surface area (Å²) >= 11 is 3.83. The third-order valence-electron chi connectivity index (χ3n) is 5.84. The van der Waals surface area contributed by atoms with Crippen LogP contribution in [0.5, 0.6) is 0 Å². The van der Waals surface area contributed by atoms with Gasteiger partial charge in [-0.05, 0) is 18.8 Å². The molecule has 1 aliphatic carbocycles. The van der Waals surface area contributed by atoms with Gasteiger partial charge >= 0.3 is 0 Å². The second-order valence-corrected chi connectivity index (χ2v) is 10.2. The van der Waals surface area contributed by atoms with Crippen LogP contribution in [0.1, 0.15) is 62.6 Å². The van der Waals surface area contributed by atoms with Crippen molar-refractivity contribution in [2.45, 2.75) is 64.0 Å². The van der Waals surface area contributed by atoms with Crippen molar-refractivity contribution in [2.75, 3.05) is 38.2 Å². The number of hydrogen-bond acceptors (Lipinski definition) is 5. The Morgan fingerprint density at radius 2 is 1.93 bits per heavy atom. The number of thiazole rings is 1. The topological polar surface area (TPSA) is 52.6 Å². The van der Waals surface area contributed by atoms with E-state index in [1.165, 1.54) is 62.4 Å². The number of nitrogens with zero attached hydrogens (tertiary/aromatic N) is 3. The second-order valence-electron chi connectivity index (χ2n) is 7.98. The van der Waals surface area contributed by atoms with Crippen molar-refractivity contribution in [3.05, 3.63) is 16.1 Å². The average Bonchev–Trinajstić information content (AvgIpc) is 3.19. The van der Waals surface area contributed by atoms with Crippen LogP contribution in [0.15, 0.2) is 10.4 Å². The van der Waals surface area contributed by atoms with Crippen LogP contribution >= 0.6 is 47.1 Å². The van der Waals surface area contributed by atoms with E-state index in [-0.39, 0.29) is 24.0 Å². The molecule has 1 aromatic heterocycles. The predicted octanol–water partition coefficient (Wildman–Crippen LogP) is 4.30. The molecule has 3 rings (SSSR count). The van der Waals surface area contributed by atoms with Gasteiger partial charge in [-0.3, -0.25) is 9.89 Å². The van der Waals surface area contributed by atoms with Crippen LogP contribution in [0.2, 0.25) is 0 Å². The van der Waals surface area contributed by atoms with E-state index < -0.39 is 0 Å². The smallest absolute Gasteiger partial charge is 0.191 e. The Morgan fingerprint density at radius 3 is 2.54 bits per heavy atom. The lowest BCUT2D eigenvalue weighted by Gasteiger charge is -2.48. The molecule has 28 heavy (non-hydrogen) atoms. The zero-order chi connectivity index (χ0) is 19.1. The number of aromatic nitrogens is 1. The van der Waals surface area contributed by atoms with Gasteiger partial charge < -0.3 is 10.6 Å². The van der Waals surface area contributed by atoms with Crippen molar-refractivity contribution in [3.63, 3.8) is 0 Å². The van der Waals surface area contributed by atoms with Gasteiger partial charge in [0.25, 0.3) is 0 Å². The van der Waals surface area contributed by atoms with Crippen LogP contribution in [0.25, 0.3) is 0 Å². The molecule has 2 N–H and O–H groups in total. The summed E-state index contributed by atoms with van der Waals surface area (Å²) in [6.45, 7) is 8.58. The Kier molecular flexibility index (Phi) is 10.3. The normalized spacial score (nSPS) is 20.6. The maximum absolute atomic E-state index is 4.72. The minimum Gasteiger partial charge on any atom is -0.355 e. The summed E-state index contributed by atoms with van der Waals surface area (Å²) in [6, 6.07) is 0. The Labute approximate surface area is 196 Å². The lowest BCUT2D eigenvalue weighted by molar-refractivity contribution is 0.0626. The van der Waals surface area contributed by atoms with Crippen molar-refractivity contribution >= 4 is 53.0 Å². The van der Waals surface area contributed by atoms with E-state index in [0.29, 0.717) is 11.5 Å². The van der Waals surface area contributed by atoms with Gasteiger partial charge in [0, 0.05) is 49.1 Å². The molecule has 0 aromatic carbocycles. The van der Waals surface area contributed by atoms with Crippen LogP contribution in [0.3, 0.4) is 0 Å². The van der Waals surface area contributed by atoms with E-state index in [9.17, 15) is 0 Å². The SMILES string of the molecule is CN=C(NCc1nc(C(C)C)cs1)NCC1(N2CCSCC2)CCCCC1.I. The molecule has 2 heterocycles. The summed E-state index contributed by atoms with van der Waals surface area (Å²) in [4.78, 5) is 11.9. The summed E-state index contributed by atoms with van der Waals surface area (Å²) in [5.74, 6) is 3.93. The first-order chi connectivity index (χ1) is 13.1. The third-order valence-corrected chi connectivity index (χ3v) is 7.65. The molecule has 1 saturated carbocycles. The molecule has 1 aliphatic heterocycles. The van der Waals surface area contributed by atoms with Crippen molar-refractivity contribution < 1.29 is 0 Å². The first kappa shape index (κ1) is 24.2. The van der Waals surface area contributed by atoms with E-state index in [0.717, 1.165) is 24.1 Å². The number of halogens is 1. The standard InChI is InChI=1S/C20H35N5S2.HI/c1-16(2)17-14-27-18(24-17)13-22-19(21-3)23-15-20(7-5-4-6-8-20)25-9-11-26-12-10-25;/h14,16H,4-13,15H2,1-3H3,(H2,21,22,23);1H. The Bertz CT molecular complexity index is 607. The highest BCUT2D eigenvalue weighted by Crippen LogP contribution is 2.34. The molecule has 2 fully saturated rings. The van der Waals surface area contributed by atoms with Gasteiger partial charge in [-0.15, -0.1) is 35.3 Å². The maximum atomic E-state index is 4.72. The lowest BCUT2D eigenvalue weighted by Crippen LogP contribution is -2.59. The number of rotatable bonds is 6. The van der Waals surface area contributed by atoms with E-state index in [2.05, 4.69) is 51.5 Å². The number of guanidine groups is 1. The minimum atomic E-state index is 0. The molecule has 160 valence electrons. The van der Waals surface area contributed by atoms with Gasteiger partial charge in [-0.1, -0.05) is 33.1 Å². The molecule has 2 aliphatic rings. The van der Waals surface area contributed by atoms with Crippen molar-refractivity contribution in [3.8, 4) is 0 Å². The molecule has 8 heteroatoms. The van der Waals surface area contributed by atoms with E-state index >= 15 is 0 Å². The number of thioether (sulfide) groups is 1. The number of nitrogens with one attached hydrogen (secondary N) is 2. The quantitative estimate of drug-likeness (QED) is 0.322. The highest BCUT2D eigenvalue weighted by atomic mass is 127. The maximum Gasteiger partial charge on any atom is 0.191 e. The summed E-state index contributed by atoms with van der Waals surface area (Å²) in [7, 11) is 1.86. The molecular weight excluding hydrogens is 501 g/mol. The molecule has 1 saturated heterocycles.